The van der Waals surface area contributed by atoms with Crippen LogP contribution in [-0.2, 0) is 12.8 Å². The van der Waals surface area contributed by atoms with Crippen LogP contribution in [-0.4, -0.2) is 60.7 Å². The second-order valence-corrected chi connectivity index (χ2v) is 8.12. The fourth-order valence-corrected chi connectivity index (χ4v) is 4.70. The molecule has 0 radical (unpaired) electrons. The van der Waals surface area contributed by atoms with E-state index in [1.807, 2.05) is 24.3 Å². The van der Waals surface area contributed by atoms with Gasteiger partial charge in [0.2, 0.25) is 0 Å². The third kappa shape index (κ3) is 5.75. The number of benzene rings is 2. The molecule has 5 heteroatoms. The van der Waals surface area contributed by atoms with Crippen LogP contribution in [0.25, 0.3) is 0 Å². The first-order chi connectivity index (χ1) is 14.7. The number of ether oxygens (including phenoxy) is 2. The van der Waals surface area contributed by atoms with Crippen molar-refractivity contribution in [2.45, 2.75) is 56.7 Å². The van der Waals surface area contributed by atoms with Gasteiger partial charge >= 0.3 is 0 Å². The number of rotatable bonds is 11. The predicted octanol–water partition coefficient (Wildman–Crippen LogP) is 3.46. The smallest absolute Gasteiger partial charge is 0.122 e. The molecule has 1 saturated heterocycles. The third-order valence-electron chi connectivity index (χ3n) is 6.28. The first kappa shape index (κ1) is 22.6. The molecule has 1 fully saturated rings. The van der Waals surface area contributed by atoms with Crippen molar-refractivity contribution in [3.05, 3.63) is 59.7 Å². The Hall–Kier alpha value is -2.08. The summed E-state index contributed by atoms with van der Waals surface area (Å²) in [7, 11) is 3.43. The topological polar surface area (TPSA) is 62.2 Å². The lowest BCUT2D eigenvalue weighted by molar-refractivity contribution is 0.0393. The minimum absolute atomic E-state index is 0.199. The molecule has 0 spiro atoms. The monoisotopic (exact) mass is 413 g/mol. The molecule has 0 amide bonds. The molecule has 2 N–H and O–H groups in total. The maximum Gasteiger partial charge on any atom is 0.122 e. The van der Waals surface area contributed by atoms with E-state index in [-0.39, 0.29) is 6.61 Å². The van der Waals surface area contributed by atoms with Crippen LogP contribution in [0, 0.1) is 0 Å². The highest BCUT2D eigenvalue weighted by molar-refractivity contribution is 5.34. The first-order valence-electron chi connectivity index (χ1n) is 10.9. The van der Waals surface area contributed by atoms with E-state index in [9.17, 15) is 10.2 Å². The van der Waals surface area contributed by atoms with Gasteiger partial charge < -0.3 is 19.7 Å². The van der Waals surface area contributed by atoms with Gasteiger partial charge in [0.15, 0.2) is 0 Å². The van der Waals surface area contributed by atoms with Gasteiger partial charge in [-0.15, -0.1) is 0 Å². The van der Waals surface area contributed by atoms with Gasteiger partial charge in [0, 0.05) is 18.6 Å². The third-order valence-corrected chi connectivity index (χ3v) is 6.28. The van der Waals surface area contributed by atoms with Crippen LogP contribution in [0.15, 0.2) is 48.5 Å². The number of aryl methyl sites for hydroxylation is 2. The van der Waals surface area contributed by atoms with E-state index >= 15 is 0 Å². The molecule has 1 heterocycles. The molecule has 3 rings (SSSR count). The van der Waals surface area contributed by atoms with Crippen LogP contribution in [0.5, 0.6) is 11.5 Å². The zero-order valence-electron chi connectivity index (χ0n) is 18.2. The molecule has 1 aliphatic rings. The fourth-order valence-electron chi connectivity index (χ4n) is 4.70. The van der Waals surface area contributed by atoms with E-state index in [2.05, 4.69) is 29.2 Å². The van der Waals surface area contributed by atoms with E-state index in [1.165, 1.54) is 11.1 Å². The van der Waals surface area contributed by atoms with Gasteiger partial charge in [-0.05, 0) is 61.8 Å². The number of methoxy groups -OCH3 is 2. The predicted molar refractivity (Wildman–Crippen MR) is 119 cm³/mol. The molecular weight excluding hydrogens is 378 g/mol. The standard InChI is InChI=1S/C25H35NO4/c1-29-24-9-5-3-7-19(24)11-13-21-15-16-22(26(21)17-23(28)18-27)14-12-20-8-4-6-10-25(20)30-2/h3-10,21-23,27-28H,11-18H2,1-2H3/t21?,22?,23-/m1/s1. The molecule has 2 aromatic carbocycles. The summed E-state index contributed by atoms with van der Waals surface area (Å²) >= 11 is 0. The van der Waals surface area contributed by atoms with Crippen molar-refractivity contribution in [2.24, 2.45) is 0 Å². The Labute approximate surface area is 180 Å². The van der Waals surface area contributed by atoms with Gasteiger partial charge in [-0.3, -0.25) is 4.90 Å². The molecule has 0 aromatic heterocycles. The van der Waals surface area contributed by atoms with Crippen molar-refractivity contribution in [3.63, 3.8) is 0 Å². The molecule has 1 aliphatic heterocycles. The summed E-state index contributed by atoms with van der Waals surface area (Å²) in [6.45, 7) is 0.318. The second-order valence-electron chi connectivity index (χ2n) is 8.12. The first-order valence-corrected chi connectivity index (χ1v) is 10.9. The Kier molecular flexibility index (Phi) is 8.55. The van der Waals surface area contributed by atoms with Gasteiger partial charge in [-0.2, -0.15) is 0 Å². The highest BCUT2D eigenvalue weighted by Gasteiger charge is 2.34. The highest BCUT2D eigenvalue weighted by atomic mass is 16.5. The Morgan fingerprint density at radius 2 is 1.33 bits per heavy atom. The molecule has 164 valence electrons. The second kappa shape index (κ2) is 11.3. The van der Waals surface area contributed by atoms with Crippen molar-refractivity contribution in [3.8, 4) is 11.5 Å². The summed E-state index contributed by atoms with van der Waals surface area (Å²) < 4.78 is 11.0. The summed E-state index contributed by atoms with van der Waals surface area (Å²) in [5, 5.41) is 19.6. The zero-order chi connectivity index (χ0) is 21.3. The summed E-state index contributed by atoms with van der Waals surface area (Å²) in [6, 6.07) is 17.2. The van der Waals surface area contributed by atoms with Crippen LogP contribution in [0.4, 0.5) is 0 Å². The van der Waals surface area contributed by atoms with E-state index in [4.69, 9.17) is 9.47 Å². The molecule has 30 heavy (non-hydrogen) atoms. The van der Waals surface area contributed by atoms with E-state index < -0.39 is 6.10 Å². The van der Waals surface area contributed by atoms with Gasteiger partial charge in [0.25, 0.3) is 0 Å². The van der Waals surface area contributed by atoms with Crippen LogP contribution < -0.4 is 9.47 Å². The lowest BCUT2D eigenvalue weighted by Gasteiger charge is -2.32. The van der Waals surface area contributed by atoms with Crippen LogP contribution in [0.1, 0.15) is 36.8 Å². The molecule has 2 aromatic rings. The van der Waals surface area contributed by atoms with Crippen molar-refractivity contribution in [1.82, 2.24) is 4.90 Å². The fraction of sp³-hybridized carbons (Fsp3) is 0.520. The Bertz CT molecular complexity index is 722. The molecular formula is C25H35NO4. The number of hydrogen-bond acceptors (Lipinski definition) is 5. The Morgan fingerprint density at radius 3 is 1.77 bits per heavy atom. The van der Waals surface area contributed by atoms with Crippen LogP contribution in [0.2, 0.25) is 0 Å². The normalized spacial score (nSPS) is 20.3. The highest BCUT2D eigenvalue weighted by Crippen LogP contribution is 2.32. The average Bonchev–Trinajstić information content (AvgIpc) is 3.17. The maximum absolute atomic E-state index is 10.2. The zero-order valence-corrected chi connectivity index (χ0v) is 18.2. The molecule has 0 saturated carbocycles. The van der Waals surface area contributed by atoms with Crippen LogP contribution in [0.3, 0.4) is 0 Å². The number of aliphatic hydroxyl groups is 2. The minimum atomic E-state index is -0.703. The van der Waals surface area contributed by atoms with Crippen LogP contribution >= 0.6 is 0 Å². The minimum Gasteiger partial charge on any atom is -0.496 e. The number of para-hydroxylation sites is 2. The Balaban J connectivity index is 1.65. The maximum atomic E-state index is 10.2. The van der Waals surface area contributed by atoms with E-state index in [0.29, 0.717) is 18.6 Å². The lowest BCUT2D eigenvalue weighted by Crippen LogP contribution is -2.42. The molecule has 3 atom stereocenters. The van der Waals surface area contributed by atoms with Gasteiger partial charge in [0.1, 0.15) is 11.5 Å². The number of nitrogens with zero attached hydrogens (tertiary/aromatic N) is 1. The van der Waals surface area contributed by atoms with Crippen molar-refractivity contribution >= 4 is 0 Å². The number of likely N-dealkylation sites (tertiary alicyclic amines) is 1. The van der Waals surface area contributed by atoms with E-state index in [0.717, 1.165) is 50.0 Å². The average molecular weight is 414 g/mol. The summed E-state index contributed by atoms with van der Waals surface area (Å²) in [4.78, 5) is 2.42. The molecule has 0 bridgehead atoms. The number of aliphatic hydroxyl groups excluding tert-OH is 2. The quantitative estimate of drug-likeness (QED) is 0.591. The van der Waals surface area contributed by atoms with Crippen molar-refractivity contribution in [2.75, 3.05) is 27.4 Å². The van der Waals surface area contributed by atoms with Gasteiger partial charge in [-0.25, -0.2) is 0 Å². The molecule has 2 unspecified atom stereocenters. The molecule has 0 aliphatic carbocycles. The SMILES string of the molecule is COc1ccccc1CCC1CCC(CCc2ccccc2OC)N1C[C@@H](O)CO. The summed E-state index contributed by atoms with van der Waals surface area (Å²) in [5.74, 6) is 1.87. The largest absolute Gasteiger partial charge is 0.496 e. The van der Waals surface area contributed by atoms with Gasteiger partial charge in [0.05, 0.1) is 26.9 Å². The van der Waals surface area contributed by atoms with Gasteiger partial charge in [-0.1, -0.05) is 36.4 Å². The summed E-state index contributed by atoms with van der Waals surface area (Å²) in [6.07, 6.45) is 5.45. The van der Waals surface area contributed by atoms with Crippen molar-refractivity contribution in [1.29, 1.82) is 0 Å². The van der Waals surface area contributed by atoms with Crippen molar-refractivity contribution < 1.29 is 19.7 Å². The Morgan fingerprint density at radius 1 is 0.867 bits per heavy atom. The molecule has 5 nitrogen and oxygen atoms in total. The number of β-amino-alcohol motifs (C(OH)–C–C–N with tert-alkyl or cyclic N) is 1. The lowest BCUT2D eigenvalue weighted by atomic mass is 10.0. The summed E-state index contributed by atoms with van der Waals surface area (Å²) in [5.41, 5.74) is 2.44. The van der Waals surface area contributed by atoms with E-state index in [1.54, 1.807) is 14.2 Å². The number of hydrogen-bond donors (Lipinski definition) is 2.